The van der Waals surface area contributed by atoms with Crippen molar-refractivity contribution in [2.75, 3.05) is 27.2 Å². The van der Waals surface area contributed by atoms with Gasteiger partial charge in [-0.1, -0.05) is 30.3 Å². The first-order valence-electron chi connectivity index (χ1n) is 16.4. The number of carbonyl (C=O) groups is 1. The summed E-state index contributed by atoms with van der Waals surface area (Å²) in [6, 6.07) is 6.01. The molecular weight excluding hydrogens is 350 g/mol. The summed E-state index contributed by atoms with van der Waals surface area (Å²) in [5.74, 6) is -8.27. The Morgan fingerprint density at radius 1 is 1.21 bits per heavy atom. The maximum Gasteiger partial charge on any atom is 0.166 e. The van der Waals surface area contributed by atoms with E-state index in [0.717, 1.165) is 0 Å². The summed E-state index contributed by atoms with van der Waals surface area (Å²) < 4.78 is 133. The highest BCUT2D eigenvalue weighted by Gasteiger charge is 2.34. The number of likely N-dealkylation sites (tertiary alicyclic amines) is 1. The topological polar surface area (TPSA) is 38.8 Å². The summed E-state index contributed by atoms with van der Waals surface area (Å²) in [6.07, 6.45) is -6.39. The zero-order valence-electron chi connectivity index (χ0n) is 30.0. The first-order valence-corrected chi connectivity index (χ1v) is 8.89. The number of rotatable bonds is 6. The van der Waals surface area contributed by atoms with E-state index in [1.54, 1.807) is 30.3 Å². The molecule has 0 saturated carbocycles. The normalized spacial score (nSPS) is 34.4. The maximum atomic E-state index is 13.8. The number of hydrogen-bond donors (Lipinski definition) is 0. The van der Waals surface area contributed by atoms with Crippen LogP contribution in [0.4, 0.5) is 0 Å². The van der Waals surface area contributed by atoms with Crippen LogP contribution < -0.4 is 9.47 Å². The van der Waals surface area contributed by atoms with Crippen LogP contribution in [0.15, 0.2) is 42.4 Å². The second kappa shape index (κ2) is 8.36. The Kier molecular flexibility index (Phi) is 2.44. The van der Waals surface area contributed by atoms with Crippen LogP contribution in [-0.4, -0.2) is 37.8 Å². The molecule has 4 heteroatoms. The van der Waals surface area contributed by atoms with Crippen molar-refractivity contribution >= 4 is 5.78 Å². The van der Waals surface area contributed by atoms with Gasteiger partial charge in [0.05, 0.1) is 25.0 Å². The minimum absolute atomic E-state index is 0.00677. The molecule has 4 nitrogen and oxygen atoms in total. The van der Waals surface area contributed by atoms with Crippen molar-refractivity contribution < 1.29 is 34.8 Å². The van der Waals surface area contributed by atoms with E-state index in [4.69, 9.17) is 30.0 Å². The highest BCUT2D eigenvalue weighted by atomic mass is 16.5. The monoisotopic (exact) mass is 394 g/mol. The standard InChI is InChI=1S/C24H29NO3/c1-27-22-14-19-13-20(24(26)21(19)15-23(22)28-2)12-17-8-10-25(11-9-17)16-18-6-4-3-5-7-18/h3-7,14-15,17,20H,8-13,16H2,1-2H3/i1D3,2D3,12D2,13D2,14D,15D,16D2,20D. The highest BCUT2D eigenvalue weighted by molar-refractivity contribution is 6.02. The number of carbonyl (C=O) groups excluding carboxylic acids is 1. The van der Waals surface area contributed by atoms with Gasteiger partial charge in [0.2, 0.25) is 0 Å². The van der Waals surface area contributed by atoms with Gasteiger partial charge in [-0.3, -0.25) is 9.69 Å². The third kappa shape index (κ3) is 3.93. The average Bonchev–Trinajstić information content (AvgIpc) is 3.06. The first kappa shape index (κ1) is 8.19. The molecule has 1 atom stereocenters. The lowest BCUT2D eigenvalue weighted by Crippen LogP contribution is -2.34. The van der Waals surface area contributed by atoms with E-state index in [0.29, 0.717) is 5.56 Å². The summed E-state index contributed by atoms with van der Waals surface area (Å²) in [5, 5.41) is 0. The van der Waals surface area contributed by atoms with Crippen LogP contribution in [-0.2, 0) is 12.9 Å². The Bertz CT molecular complexity index is 1400. The van der Waals surface area contributed by atoms with E-state index in [9.17, 15) is 4.79 Å². The van der Waals surface area contributed by atoms with Crippen molar-refractivity contribution in [1.29, 1.82) is 0 Å². The number of Topliss-reactive ketones (excluding diaryl/α,β-unsaturated/α-hetero) is 1. The predicted octanol–water partition coefficient (Wildman–Crippen LogP) is 4.36. The molecule has 2 aromatic carbocycles. The molecule has 1 heterocycles. The average molecular weight is 395 g/mol. The lowest BCUT2D eigenvalue weighted by molar-refractivity contribution is 0.0895. The van der Waals surface area contributed by atoms with Crippen molar-refractivity contribution in [2.24, 2.45) is 11.8 Å². The van der Waals surface area contributed by atoms with E-state index >= 15 is 0 Å². The number of nitrogens with zero attached hydrogens (tertiary/aromatic N) is 1. The fourth-order valence-corrected chi connectivity index (χ4v) is 3.32. The van der Waals surface area contributed by atoms with Crippen molar-refractivity contribution in [3.8, 4) is 11.5 Å². The van der Waals surface area contributed by atoms with Crippen LogP contribution >= 0.6 is 0 Å². The molecule has 1 aliphatic carbocycles. The Morgan fingerprint density at radius 3 is 2.64 bits per heavy atom. The third-order valence-corrected chi connectivity index (χ3v) is 4.75. The number of ketones is 1. The molecule has 148 valence electrons. The molecule has 2 aromatic rings. The molecule has 4 rings (SSSR count). The molecule has 0 bridgehead atoms. The Balaban J connectivity index is 1.76. The van der Waals surface area contributed by atoms with Gasteiger partial charge in [0.1, 0.15) is 0 Å². The first-order chi connectivity index (χ1) is 19.5. The second-order valence-corrected chi connectivity index (χ2v) is 6.57. The third-order valence-electron chi connectivity index (χ3n) is 4.75. The minimum atomic E-state index is -3.32. The number of hydrogen-bond acceptors (Lipinski definition) is 4. The number of piperidine rings is 1. The highest BCUT2D eigenvalue weighted by Crippen LogP contribution is 2.39. The maximum absolute atomic E-state index is 13.8. The number of fused-ring (bicyclic) bond motifs is 1. The lowest BCUT2D eigenvalue weighted by atomic mass is 9.85. The van der Waals surface area contributed by atoms with Gasteiger partial charge in [-0.15, -0.1) is 0 Å². The van der Waals surface area contributed by atoms with Gasteiger partial charge in [0.25, 0.3) is 0 Å². The van der Waals surface area contributed by atoms with E-state index in [1.165, 1.54) is 4.90 Å². The molecular formula is C24H29NO3. The van der Waals surface area contributed by atoms with E-state index in [-0.39, 0.29) is 25.9 Å². The van der Waals surface area contributed by atoms with Crippen LogP contribution in [0.1, 0.15) is 61.3 Å². The van der Waals surface area contributed by atoms with Crippen LogP contribution in [0.2, 0.25) is 0 Å². The molecule has 28 heavy (non-hydrogen) atoms. The molecule has 1 fully saturated rings. The Morgan fingerprint density at radius 2 is 1.93 bits per heavy atom. The molecule has 2 aliphatic rings. The SMILES string of the molecule is [2H]c1c(OC([2H])([2H])[2H])c(OC([2H])([2H])[2H])c([2H])c2c1C(=O)C([2H])(C([2H])([2H])C1CCN(C([2H])([2H])c3ccccc3)CC1)C2([2H])[2H]. The van der Waals surface area contributed by atoms with Crippen molar-refractivity contribution in [1.82, 2.24) is 4.90 Å². The smallest absolute Gasteiger partial charge is 0.166 e. The van der Waals surface area contributed by atoms with E-state index in [1.807, 2.05) is 0 Å². The van der Waals surface area contributed by atoms with Crippen LogP contribution in [0.3, 0.4) is 0 Å². The largest absolute Gasteiger partial charge is 0.493 e. The van der Waals surface area contributed by atoms with Gasteiger partial charge in [-0.05, 0) is 67.8 Å². The molecule has 0 aromatic heterocycles. The van der Waals surface area contributed by atoms with Crippen molar-refractivity contribution in [3.05, 3.63) is 59.1 Å². The van der Waals surface area contributed by atoms with E-state index < -0.39 is 85.6 Å². The lowest BCUT2D eigenvalue weighted by Gasteiger charge is -2.32. The zero-order chi connectivity index (χ0) is 32.6. The molecule has 0 amide bonds. The summed E-state index contributed by atoms with van der Waals surface area (Å²) in [6.45, 7) is -1.90. The van der Waals surface area contributed by atoms with Crippen LogP contribution in [0.25, 0.3) is 0 Å². The second-order valence-electron chi connectivity index (χ2n) is 6.57. The Hall–Kier alpha value is -2.33. The summed E-state index contributed by atoms with van der Waals surface area (Å²) in [4.78, 5) is 15.3. The van der Waals surface area contributed by atoms with E-state index in [2.05, 4.69) is 0 Å². The fourth-order valence-electron chi connectivity index (χ4n) is 3.32. The quantitative estimate of drug-likeness (QED) is 0.730. The van der Waals surface area contributed by atoms with Gasteiger partial charge >= 0.3 is 0 Å². The molecule has 0 spiro atoms. The summed E-state index contributed by atoms with van der Waals surface area (Å²) >= 11 is 0. The molecule has 0 N–H and O–H groups in total. The van der Waals surface area contributed by atoms with Gasteiger partial charge < -0.3 is 9.47 Å². The molecule has 0 radical (unpaired) electrons. The van der Waals surface area contributed by atoms with Crippen molar-refractivity contribution in [2.45, 2.75) is 32.1 Å². The zero-order valence-corrected chi connectivity index (χ0v) is 15.0. The summed E-state index contributed by atoms with van der Waals surface area (Å²) in [5.41, 5.74) is -1.57. The fraction of sp³-hybridized carbons (Fsp3) is 0.458. The van der Waals surface area contributed by atoms with Gasteiger partial charge in [-0.2, -0.15) is 0 Å². The van der Waals surface area contributed by atoms with Crippen LogP contribution in [0.5, 0.6) is 11.5 Å². The number of ether oxygens (including phenoxy) is 2. The molecule has 1 aliphatic heterocycles. The number of benzene rings is 2. The minimum Gasteiger partial charge on any atom is -0.493 e. The number of methoxy groups -OCH3 is 2. The van der Waals surface area contributed by atoms with Gasteiger partial charge in [0, 0.05) is 27.5 Å². The predicted molar refractivity (Wildman–Crippen MR) is 110 cm³/mol. The molecule has 1 unspecified atom stereocenters. The molecule has 1 saturated heterocycles. The summed E-state index contributed by atoms with van der Waals surface area (Å²) in [7, 11) is -6.63. The van der Waals surface area contributed by atoms with Crippen LogP contribution in [0, 0.1) is 11.8 Å². The van der Waals surface area contributed by atoms with Gasteiger partial charge in [-0.25, -0.2) is 0 Å². The Labute approximate surface area is 188 Å². The van der Waals surface area contributed by atoms with Gasteiger partial charge in [0.15, 0.2) is 17.3 Å². The van der Waals surface area contributed by atoms with Crippen molar-refractivity contribution in [3.63, 3.8) is 0 Å².